The summed E-state index contributed by atoms with van der Waals surface area (Å²) in [5, 5.41) is 3.49. The number of rotatable bonds is 2. The van der Waals surface area contributed by atoms with Gasteiger partial charge in [0.25, 0.3) is 0 Å². The van der Waals surface area contributed by atoms with E-state index in [0.717, 1.165) is 13.1 Å². The van der Waals surface area contributed by atoms with Crippen molar-refractivity contribution in [1.29, 1.82) is 0 Å². The predicted octanol–water partition coefficient (Wildman–Crippen LogP) is 3.22. The van der Waals surface area contributed by atoms with Crippen LogP contribution in [0.2, 0.25) is 5.02 Å². The van der Waals surface area contributed by atoms with E-state index in [9.17, 15) is 9.18 Å². The molecule has 0 radical (unpaired) electrons. The minimum absolute atomic E-state index is 0. The molecular weight excluding hydrogens is 318 g/mol. The fourth-order valence-corrected chi connectivity index (χ4v) is 2.59. The molecule has 0 saturated carbocycles. The van der Waals surface area contributed by atoms with Crippen molar-refractivity contribution in [1.82, 2.24) is 10.2 Å². The fraction of sp³-hybridized carbons (Fsp3) is 0.500. The van der Waals surface area contributed by atoms with Gasteiger partial charge in [0.1, 0.15) is 12.4 Å². The van der Waals surface area contributed by atoms with Gasteiger partial charge in [-0.25, -0.2) is 9.18 Å². The second-order valence-electron chi connectivity index (χ2n) is 5.02. The number of piperazine rings is 1. The molecule has 0 aliphatic carbocycles. The zero-order valence-electron chi connectivity index (χ0n) is 11.9. The van der Waals surface area contributed by atoms with Crippen LogP contribution < -0.4 is 5.32 Å². The Kier molecular flexibility index (Phi) is 6.71. The summed E-state index contributed by atoms with van der Waals surface area (Å²) in [6.45, 7) is 5.17. The molecule has 1 fully saturated rings. The van der Waals surface area contributed by atoms with Gasteiger partial charge in [-0.05, 0) is 26.0 Å². The summed E-state index contributed by atoms with van der Waals surface area (Å²) >= 11 is 5.90. The number of hydrogen-bond acceptors (Lipinski definition) is 3. The van der Waals surface area contributed by atoms with E-state index < -0.39 is 11.9 Å². The molecule has 2 atom stereocenters. The Hall–Kier alpha value is -1.04. The zero-order valence-corrected chi connectivity index (χ0v) is 13.5. The van der Waals surface area contributed by atoms with E-state index in [1.807, 2.05) is 13.8 Å². The Balaban J connectivity index is 0.00000220. The van der Waals surface area contributed by atoms with Crippen molar-refractivity contribution in [2.45, 2.75) is 32.5 Å². The molecule has 1 saturated heterocycles. The van der Waals surface area contributed by atoms with E-state index in [4.69, 9.17) is 16.3 Å². The monoisotopic (exact) mass is 336 g/mol. The maximum atomic E-state index is 13.6. The van der Waals surface area contributed by atoms with Crippen molar-refractivity contribution >= 4 is 30.1 Å². The molecule has 0 unspecified atom stereocenters. The zero-order chi connectivity index (χ0) is 14.7. The van der Waals surface area contributed by atoms with Gasteiger partial charge in [-0.2, -0.15) is 0 Å². The second-order valence-corrected chi connectivity index (χ2v) is 5.43. The summed E-state index contributed by atoms with van der Waals surface area (Å²) in [5.41, 5.74) is 0.206. The number of carbonyl (C=O) groups is 1. The summed E-state index contributed by atoms with van der Waals surface area (Å²) in [5.74, 6) is -0.466. The molecule has 0 bridgehead atoms. The lowest BCUT2D eigenvalue weighted by molar-refractivity contribution is 0.0558. The minimum atomic E-state index is -0.466. The van der Waals surface area contributed by atoms with Gasteiger partial charge in [0.15, 0.2) is 0 Å². The third-order valence-electron chi connectivity index (χ3n) is 3.44. The van der Waals surface area contributed by atoms with Crippen molar-refractivity contribution in [3.63, 3.8) is 0 Å². The molecule has 0 aromatic heterocycles. The first-order valence-electron chi connectivity index (χ1n) is 6.59. The van der Waals surface area contributed by atoms with Crippen LogP contribution in [-0.4, -0.2) is 36.2 Å². The number of nitrogens with one attached hydrogen (secondary N) is 1. The fourth-order valence-electron chi connectivity index (χ4n) is 2.37. The van der Waals surface area contributed by atoms with Crippen LogP contribution >= 0.6 is 24.0 Å². The number of hydrogen-bond donors (Lipinski definition) is 1. The number of benzene rings is 1. The second kappa shape index (κ2) is 7.82. The van der Waals surface area contributed by atoms with Gasteiger partial charge in [0.2, 0.25) is 0 Å². The lowest BCUT2D eigenvalue weighted by atomic mass is 10.1. The SMILES string of the molecule is C[C@@H]1CNC[C@H](C)N1C(=O)OCc1c(F)cccc1Cl.Cl. The maximum absolute atomic E-state index is 13.6. The molecule has 1 aliphatic rings. The molecule has 118 valence electrons. The summed E-state index contributed by atoms with van der Waals surface area (Å²) in [6.07, 6.45) is -0.439. The number of carbonyl (C=O) groups excluding carboxylic acids is 1. The summed E-state index contributed by atoms with van der Waals surface area (Å²) in [7, 11) is 0. The Morgan fingerprint density at radius 3 is 2.62 bits per heavy atom. The van der Waals surface area contributed by atoms with Gasteiger partial charge in [-0.15, -0.1) is 12.4 Å². The first-order valence-corrected chi connectivity index (χ1v) is 6.97. The van der Waals surface area contributed by atoms with Crippen molar-refractivity contribution in [3.05, 3.63) is 34.6 Å². The van der Waals surface area contributed by atoms with Gasteiger partial charge in [-0.1, -0.05) is 17.7 Å². The van der Waals surface area contributed by atoms with E-state index in [0.29, 0.717) is 0 Å². The van der Waals surface area contributed by atoms with Crippen LogP contribution in [0.15, 0.2) is 18.2 Å². The van der Waals surface area contributed by atoms with Crippen LogP contribution in [0.5, 0.6) is 0 Å². The highest BCUT2D eigenvalue weighted by Gasteiger charge is 2.30. The number of nitrogens with zero attached hydrogens (tertiary/aromatic N) is 1. The Labute approximate surface area is 135 Å². The Morgan fingerprint density at radius 2 is 2.05 bits per heavy atom. The third kappa shape index (κ3) is 4.22. The number of ether oxygens (including phenoxy) is 1. The quantitative estimate of drug-likeness (QED) is 0.901. The summed E-state index contributed by atoms with van der Waals surface area (Å²) < 4.78 is 18.8. The topological polar surface area (TPSA) is 41.6 Å². The normalized spacial score (nSPS) is 21.6. The lowest BCUT2D eigenvalue weighted by Crippen LogP contribution is -2.57. The van der Waals surface area contributed by atoms with Gasteiger partial charge in [0, 0.05) is 30.7 Å². The van der Waals surface area contributed by atoms with E-state index >= 15 is 0 Å². The average molecular weight is 337 g/mol. The summed E-state index contributed by atoms with van der Waals surface area (Å²) in [4.78, 5) is 13.8. The van der Waals surface area contributed by atoms with E-state index in [1.165, 1.54) is 12.1 Å². The highest BCUT2D eigenvalue weighted by atomic mass is 35.5. The minimum Gasteiger partial charge on any atom is -0.444 e. The molecule has 1 aliphatic heterocycles. The average Bonchev–Trinajstić information content (AvgIpc) is 2.38. The van der Waals surface area contributed by atoms with Crippen molar-refractivity contribution in [3.8, 4) is 0 Å². The number of halogens is 3. The van der Waals surface area contributed by atoms with Gasteiger partial charge < -0.3 is 15.0 Å². The predicted molar refractivity (Wildman–Crippen MR) is 82.5 cm³/mol. The van der Waals surface area contributed by atoms with E-state index in [2.05, 4.69) is 5.32 Å². The third-order valence-corrected chi connectivity index (χ3v) is 3.80. The van der Waals surface area contributed by atoms with Crippen LogP contribution in [0.3, 0.4) is 0 Å². The largest absolute Gasteiger partial charge is 0.444 e. The molecule has 1 amide bonds. The highest BCUT2D eigenvalue weighted by molar-refractivity contribution is 6.31. The molecule has 21 heavy (non-hydrogen) atoms. The molecule has 2 rings (SSSR count). The Bertz CT molecular complexity index is 472. The van der Waals surface area contributed by atoms with Crippen molar-refractivity contribution in [2.75, 3.05) is 13.1 Å². The highest BCUT2D eigenvalue weighted by Crippen LogP contribution is 2.21. The molecule has 7 heteroatoms. The van der Waals surface area contributed by atoms with Crippen LogP contribution in [0.1, 0.15) is 19.4 Å². The van der Waals surface area contributed by atoms with Gasteiger partial charge >= 0.3 is 6.09 Å². The Morgan fingerprint density at radius 1 is 1.43 bits per heavy atom. The van der Waals surface area contributed by atoms with E-state index in [1.54, 1.807) is 11.0 Å². The standard InChI is InChI=1S/C14H18ClFN2O2.ClH/c1-9-6-17-7-10(2)18(9)14(19)20-8-11-12(15)4-3-5-13(11)16;/h3-5,9-10,17H,6-8H2,1-2H3;1H/t9-,10+;. The molecule has 4 nitrogen and oxygen atoms in total. The molecule has 1 heterocycles. The van der Waals surface area contributed by atoms with Crippen LogP contribution in [-0.2, 0) is 11.3 Å². The molecule has 1 aromatic rings. The molecule has 0 spiro atoms. The van der Waals surface area contributed by atoms with Crippen molar-refractivity contribution < 1.29 is 13.9 Å². The van der Waals surface area contributed by atoms with Crippen LogP contribution in [0.25, 0.3) is 0 Å². The molecular formula is C14H19Cl2FN2O2. The summed E-state index contributed by atoms with van der Waals surface area (Å²) in [6, 6.07) is 4.47. The van der Waals surface area contributed by atoms with Crippen molar-refractivity contribution in [2.24, 2.45) is 0 Å². The van der Waals surface area contributed by atoms with E-state index in [-0.39, 0.29) is 41.7 Å². The smallest absolute Gasteiger partial charge is 0.410 e. The molecule has 1 aromatic carbocycles. The first-order chi connectivity index (χ1) is 9.50. The lowest BCUT2D eigenvalue weighted by Gasteiger charge is -2.38. The first kappa shape index (κ1) is 18.0. The number of amides is 1. The van der Waals surface area contributed by atoms with Crippen LogP contribution in [0.4, 0.5) is 9.18 Å². The van der Waals surface area contributed by atoms with Crippen LogP contribution in [0, 0.1) is 5.82 Å². The molecule has 1 N–H and O–H groups in total. The van der Waals surface area contributed by atoms with Gasteiger partial charge in [-0.3, -0.25) is 0 Å². The van der Waals surface area contributed by atoms with Gasteiger partial charge in [0.05, 0.1) is 5.02 Å². The maximum Gasteiger partial charge on any atom is 0.410 e.